The van der Waals surface area contributed by atoms with E-state index in [-0.39, 0.29) is 0 Å². The minimum Gasteiger partial charge on any atom is -0.485 e. The summed E-state index contributed by atoms with van der Waals surface area (Å²) in [6.07, 6.45) is 1.71. The van der Waals surface area contributed by atoms with Crippen molar-refractivity contribution in [3.05, 3.63) is 58.8 Å². The van der Waals surface area contributed by atoms with Gasteiger partial charge in [-0.15, -0.1) is 0 Å². The number of hydrogen-bond donors (Lipinski definition) is 1. The number of para-hydroxylation sites is 1. The number of nitrogens with one attached hydrogen (secondary N) is 1. The first-order valence-corrected chi connectivity index (χ1v) is 5.47. The molecule has 0 aliphatic heterocycles. The smallest absolute Gasteiger partial charge is 0.417 e. The minimum absolute atomic E-state index is 0.340. The van der Waals surface area contributed by atoms with Crippen molar-refractivity contribution in [3.8, 4) is 5.75 Å². The Morgan fingerprint density at radius 2 is 2.17 bits per heavy atom. The van der Waals surface area contributed by atoms with E-state index in [0.29, 0.717) is 23.5 Å². The first kappa shape index (κ1) is 10.6. The van der Waals surface area contributed by atoms with Gasteiger partial charge in [-0.25, -0.2) is 4.79 Å². The number of hydrogen-bond acceptors (Lipinski definition) is 4. The molecule has 0 unspecified atom stereocenters. The molecule has 0 bridgehead atoms. The number of H-pyrrole nitrogens is 1. The lowest BCUT2D eigenvalue weighted by molar-refractivity contribution is 0.304. The molecular formula is C13H10N2O3. The molecule has 0 saturated heterocycles. The van der Waals surface area contributed by atoms with Crippen LogP contribution in [0.5, 0.6) is 5.75 Å². The Balaban J connectivity index is 1.89. The molecule has 5 nitrogen and oxygen atoms in total. The number of oxazole rings is 1. The van der Waals surface area contributed by atoms with E-state index in [2.05, 4.69) is 9.97 Å². The molecule has 0 aliphatic rings. The van der Waals surface area contributed by atoms with Crippen LogP contribution in [0.2, 0.25) is 0 Å². The van der Waals surface area contributed by atoms with Crippen LogP contribution in [0, 0.1) is 0 Å². The minimum atomic E-state index is -0.487. The van der Waals surface area contributed by atoms with Crippen LogP contribution < -0.4 is 10.5 Å². The average molecular weight is 242 g/mol. The van der Waals surface area contributed by atoms with Crippen LogP contribution in [-0.4, -0.2) is 9.97 Å². The topological polar surface area (TPSA) is 68.1 Å². The quantitative estimate of drug-likeness (QED) is 0.763. The summed E-state index contributed by atoms with van der Waals surface area (Å²) in [5.41, 5.74) is 1.87. The Morgan fingerprint density at radius 1 is 1.22 bits per heavy atom. The van der Waals surface area contributed by atoms with Gasteiger partial charge in [0, 0.05) is 6.20 Å². The second-order valence-corrected chi connectivity index (χ2v) is 3.75. The van der Waals surface area contributed by atoms with Crippen molar-refractivity contribution in [2.75, 3.05) is 0 Å². The van der Waals surface area contributed by atoms with Crippen LogP contribution in [0.1, 0.15) is 5.69 Å². The third kappa shape index (κ3) is 1.98. The molecule has 1 aromatic carbocycles. The molecule has 0 aliphatic carbocycles. The summed E-state index contributed by atoms with van der Waals surface area (Å²) in [6.45, 7) is 0.340. The molecule has 0 spiro atoms. The number of rotatable bonds is 3. The fraction of sp³-hybridized carbons (Fsp3) is 0.0769. The van der Waals surface area contributed by atoms with Crippen molar-refractivity contribution in [2.24, 2.45) is 0 Å². The lowest BCUT2D eigenvalue weighted by Gasteiger charge is -2.05. The molecule has 5 heteroatoms. The molecule has 0 atom stereocenters. The Bertz CT molecular complexity index is 716. The maximum atomic E-state index is 11.1. The zero-order valence-electron chi connectivity index (χ0n) is 9.42. The molecule has 0 radical (unpaired) electrons. The second kappa shape index (κ2) is 4.37. The molecule has 0 saturated carbocycles. The molecule has 0 amide bonds. The zero-order valence-corrected chi connectivity index (χ0v) is 9.42. The van der Waals surface area contributed by atoms with Crippen molar-refractivity contribution in [2.45, 2.75) is 6.61 Å². The van der Waals surface area contributed by atoms with E-state index in [1.807, 2.05) is 18.2 Å². The van der Waals surface area contributed by atoms with Gasteiger partial charge in [0.05, 0.1) is 5.69 Å². The molecular weight excluding hydrogens is 232 g/mol. The maximum Gasteiger partial charge on any atom is 0.417 e. The predicted molar refractivity (Wildman–Crippen MR) is 65.4 cm³/mol. The van der Waals surface area contributed by atoms with Gasteiger partial charge in [0.25, 0.3) is 0 Å². The van der Waals surface area contributed by atoms with Gasteiger partial charge >= 0.3 is 5.76 Å². The van der Waals surface area contributed by atoms with Crippen LogP contribution in [0.15, 0.2) is 51.8 Å². The Kier molecular flexibility index (Phi) is 2.57. The number of aromatic nitrogens is 2. The zero-order chi connectivity index (χ0) is 12.4. The number of benzene rings is 1. The molecule has 1 N–H and O–H groups in total. The summed E-state index contributed by atoms with van der Waals surface area (Å²) in [7, 11) is 0. The van der Waals surface area contributed by atoms with Crippen LogP contribution in [0.3, 0.4) is 0 Å². The first-order chi connectivity index (χ1) is 8.83. The summed E-state index contributed by atoms with van der Waals surface area (Å²) in [5, 5.41) is 0. The largest absolute Gasteiger partial charge is 0.485 e. The average Bonchev–Trinajstić information content (AvgIpc) is 2.78. The van der Waals surface area contributed by atoms with Gasteiger partial charge in [-0.2, -0.15) is 0 Å². The third-order valence-corrected chi connectivity index (χ3v) is 2.52. The molecule has 2 heterocycles. The molecule has 3 rings (SSSR count). The van der Waals surface area contributed by atoms with E-state index in [1.54, 1.807) is 24.4 Å². The summed E-state index contributed by atoms with van der Waals surface area (Å²) < 4.78 is 10.6. The van der Waals surface area contributed by atoms with Crippen LogP contribution >= 0.6 is 0 Å². The van der Waals surface area contributed by atoms with Crippen molar-refractivity contribution >= 4 is 11.1 Å². The van der Waals surface area contributed by atoms with E-state index in [0.717, 1.165) is 5.69 Å². The highest BCUT2D eigenvalue weighted by Gasteiger charge is 2.07. The molecule has 2 aromatic heterocycles. The van der Waals surface area contributed by atoms with Gasteiger partial charge in [-0.1, -0.05) is 12.1 Å². The van der Waals surface area contributed by atoms with Crippen molar-refractivity contribution in [1.82, 2.24) is 9.97 Å². The highest BCUT2D eigenvalue weighted by atomic mass is 16.5. The fourth-order valence-electron chi connectivity index (χ4n) is 1.70. The van der Waals surface area contributed by atoms with Gasteiger partial charge in [0.15, 0.2) is 5.58 Å². The standard InChI is InChI=1S/C13H10N2O3/c16-13-15-12-10(5-3-6-11(12)18-13)17-8-9-4-1-2-7-14-9/h1-7H,8H2,(H,15,16). The van der Waals surface area contributed by atoms with Gasteiger partial charge in [0.1, 0.15) is 17.9 Å². The fourth-order valence-corrected chi connectivity index (χ4v) is 1.70. The third-order valence-electron chi connectivity index (χ3n) is 2.52. The molecule has 90 valence electrons. The van der Waals surface area contributed by atoms with E-state index in [1.165, 1.54) is 0 Å². The van der Waals surface area contributed by atoms with Crippen LogP contribution in [0.25, 0.3) is 11.1 Å². The Morgan fingerprint density at radius 3 is 3.00 bits per heavy atom. The highest BCUT2D eigenvalue weighted by Crippen LogP contribution is 2.22. The number of ether oxygens (including phenoxy) is 1. The van der Waals surface area contributed by atoms with E-state index < -0.39 is 5.76 Å². The molecule has 3 aromatic rings. The van der Waals surface area contributed by atoms with Gasteiger partial charge < -0.3 is 9.15 Å². The maximum absolute atomic E-state index is 11.1. The summed E-state index contributed by atoms with van der Waals surface area (Å²) in [5.74, 6) is 0.0860. The number of nitrogens with zero attached hydrogens (tertiary/aromatic N) is 1. The summed E-state index contributed by atoms with van der Waals surface area (Å²) in [6, 6.07) is 10.9. The second-order valence-electron chi connectivity index (χ2n) is 3.75. The summed E-state index contributed by atoms with van der Waals surface area (Å²) in [4.78, 5) is 17.9. The molecule has 18 heavy (non-hydrogen) atoms. The van der Waals surface area contributed by atoms with E-state index in [9.17, 15) is 4.79 Å². The van der Waals surface area contributed by atoms with Crippen LogP contribution in [-0.2, 0) is 6.61 Å². The van der Waals surface area contributed by atoms with Crippen molar-refractivity contribution < 1.29 is 9.15 Å². The number of aromatic amines is 1. The Hall–Kier alpha value is -2.56. The Labute approximate surface area is 102 Å². The lowest BCUT2D eigenvalue weighted by atomic mass is 10.3. The number of fused-ring (bicyclic) bond motifs is 1. The predicted octanol–water partition coefficient (Wildman–Crippen LogP) is 2.10. The van der Waals surface area contributed by atoms with Gasteiger partial charge in [0.2, 0.25) is 0 Å². The SMILES string of the molecule is O=c1[nH]c2c(OCc3ccccn3)cccc2o1. The van der Waals surface area contributed by atoms with Crippen LogP contribution in [0.4, 0.5) is 0 Å². The highest BCUT2D eigenvalue weighted by molar-refractivity contribution is 5.79. The van der Waals surface area contributed by atoms with Gasteiger partial charge in [-0.05, 0) is 24.3 Å². The number of pyridine rings is 1. The summed E-state index contributed by atoms with van der Waals surface area (Å²) >= 11 is 0. The van der Waals surface area contributed by atoms with Gasteiger partial charge in [-0.3, -0.25) is 9.97 Å². The van der Waals surface area contributed by atoms with Crippen molar-refractivity contribution in [3.63, 3.8) is 0 Å². The van der Waals surface area contributed by atoms with Crippen molar-refractivity contribution in [1.29, 1.82) is 0 Å². The van der Waals surface area contributed by atoms with E-state index in [4.69, 9.17) is 9.15 Å². The van der Waals surface area contributed by atoms with E-state index >= 15 is 0 Å². The monoisotopic (exact) mass is 242 g/mol. The normalized spacial score (nSPS) is 10.7. The lowest BCUT2D eigenvalue weighted by Crippen LogP contribution is -1.99. The first-order valence-electron chi connectivity index (χ1n) is 5.47. The molecule has 0 fully saturated rings.